The quantitative estimate of drug-likeness (QED) is 0.843. The van der Waals surface area contributed by atoms with Crippen molar-refractivity contribution in [3.63, 3.8) is 0 Å². The van der Waals surface area contributed by atoms with E-state index in [1.54, 1.807) is 11.1 Å². The van der Waals surface area contributed by atoms with E-state index in [4.69, 9.17) is 4.74 Å². The Balaban J connectivity index is 1.48. The summed E-state index contributed by atoms with van der Waals surface area (Å²) < 4.78 is 5.39. The fourth-order valence-electron chi connectivity index (χ4n) is 3.04. The number of anilines is 1. The third kappa shape index (κ3) is 5.32. The fourth-order valence-corrected chi connectivity index (χ4v) is 3.04. The minimum absolute atomic E-state index is 0.0332. The Hall–Kier alpha value is -2.83. The molecule has 0 bridgehead atoms. The second-order valence-corrected chi connectivity index (χ2v) is 7.75. The maximum atomic E-state index is 12.3. The largest absolute Gasteiger partial charge is 0.444 e. The van der Waals surface area contributed by atoms with E-state index in [0.717, 1.165) is 16.6 Å². The number of benzene rings is 1. The lowest BCUT2D eigenvalue weighted by Crippen LogP contribution is -2.48. The average molecular weight is 370 g/mol. The van der Waals surface area contributed by atoms with Gasteiger partial charge in [0.25, 0.3) is 0 Å². The van der Waals surface area contributed by atoms with E-state index in [-0.39, 0.29) is 18.2 Å². The van der Waals surface area contributed by atoms with Crippen LogP contribution in [0.4, 0.5) is 15.3 Å². The molecular weight excluding hydrogens is 344 g/mol. The molecule has 1 fully saturated rings. The topological polar surface area (TPSA) is 83.6 Å². The van der Waals surface area contributed by atoms with Gasteiger partial charge in [0.05, 0.1) is 5.52 Å². The molecule has 1 aliphatic heterocycles. The van der Waals surface area contributed by atoms with Crippen LogP contribution in [0.25, 0.3) is 10.9 Å². The number of pyridine rings is 1. The van der Waals surface area contributed by atoms with E-state index < -0.39 is 5.60 Å². The Morgan fingerprint density at radius 2 is 1.93 bits per heavy atom. The lowest BCUT2D eigenvalue weighted by Gasteiger charge is -2.33. The van der Waals surface area contributed by atoms with E-state index in [1.165, 1.54) is 0 Å². The van der Waals surface area contributed by atoms with Crippen LogP contribution in [0.3, 0.4) is 0 Å². The molecule has 0 spiro atoms. The molecule has 3 amide bonds. The molecule has 1 saturated heterocycles. The number of likely N-dealkylation sites (tertiary alicyclic amines) is 1. The van der Waals surface area contributed by atoms with Crippen LogP contribution in [-0.2, 0) is 4.74 Å². The van der Waals surface area contributed by atoms with Crippen LogP contribution >= 0.6 is 0 Å². The number of urea groups is 1. The van der Waals surface area contributed by atoms with Gasteiger partial charge in [-0.2, -0.15) is 0 Å². The normalized spacial score (nSPS) is 15.4. The van der Waals surface area contributed by atoms with Crippen molar-refractivity contribution < 1.29 is 14.3 Å². The molecular formula is C20H26N4O3. The summed E-state index contributed by atoms with van der Waals surface area (Å²) in [5.41, 5.74) is 1.11. The first-order valence-corrected chi connectivity index (χ1v) is 9.20. The SMILES string of the molecule is CC(C)(C)OC(=O)N1CCC(NC(=O)Nc2ccc3ncccc3c2)CC1. The first-order valence-electron chi connectivity index (χ1n) is 9.20. The van der Waals surface area contributed by atoms with Gasteiger partial charge >= 0.3 is 12.1 Å². The fraction of sp³-hybridized carbons (Fsp3) is 0.450. The molecule has 2 aromatic rings. The van der Waals surface area contributed by atoms with Crippen molar-refractivity contribution in [2.45, 2.75) is 45.3 Å². The Labute approximate surface area is 159 Å². The first-order chi connectivity index (χ1) is 12.8. The lowest BCUT2D eigenvalue weighted by molar-refractivity contribution is 0.0202. The maximum Gasteiger partial charge on any atom is 0.410 e. The number of ether oxygens (including phenoxy) is 1. The predicted octanol–water partition coefficient (Wildman–Crippen LogP) is 3.76. The molecule has 0 radical (unpaired) electrons. The van der Waals surface area contributed by atoms with Gasteiger partial charge in [0.1, 0.15) is 5.60 Å². The van der Waals surface area contributed by atoms with Crippen molar-refractivity contribution in [3.8, 4) is 0 Å². The molecule has 1 aliphatic rings. The van der Waals surface area contributed by atoms with Crippen molar-refractivity contribution in [2.75, 3.05) is 18.4 Å². The second kappa shape index (κ2) is 7.82. The monoisotopic (exact) mass is 370 g/mol. The van der Waals surface area contributed by atoms with Crippen LogP contribution in [0.5, 0.6) is 0 Å². The highest BCUT2D eigenvalue weighted by atomic mass is 16.6. The molecule has 3 rings (SSSR count). The van der Waals surface area contributed by atoms with Gasteiger partial charge in [0.15, 0.2) is 0 Å². The molecule has 7 nitrogen and oxygen atoms in total. The van der Waals surface area contributed by atoms with Gasteiger partial charge in [-0.3, -0.25) is 4.98 Å². The van der Waals surface area contributed by atoms with Gasteiger partial charge in [-0.15, -0.1) is 0 Å². The number of aromatic nitrogens is 1. The number of rotatable bonds is 2. The summed E-state index contributed by atoms with van der Waals surface area (Å²) in [6.07, 6.45) is 2.85. The zero-order valence-electron chi connectivity index (χ0n) is 16.0. The van der Waals surface area contributed by atoms with Crippen LogP contribution in [0.1, 0.15) is 33.6 Å². The number of fused-ring (bicyclic) bond motifs is 1. The molecule has 0 atom stereocenters. The second-order valence-electron chi connectivity index (χ2n) is 7.75. The van der Waals surface area contributed by atoms with Crippen LogP contribution in [0, 0.1) is 0 Å². The number of nitrogens with one attached hydrogen (secondary N) is 2. The lowest BCUT2D eigenvalue weighted by atomic mass is 10.1. The van der Waals surface area contributed by atoms with Crippen molar-refractivity contribution >= 4 is 28.7 Å². The van der Waals surface area contributed by atoms with Crippen LogP contribution in [-0.4, -0.2) is 46.7 Å². The van der Waals surface area contributed by atoms with Crippen molar-refractivity contribution in [3.05, 3.63) is 36.5 Å². The molecule has 2 heterocycles. The van der Waals surface area contributed by atoms with Gasteiger partial charge in [0.2, 0.25) is 0 Å². The minimum atomic E-state index is -0.499. The molecule has 144 valence electrons. The van der Waals surface area contributed by atoms with Crippen molar-refractivity contribution in [2.24, 2.45) is 0 Å². The Morgan fingerprint density at radius 3 is 2.63 bits per heavy atom. The summed E-state index contributed by atoms with van der Waals surface area (Å²) in [6.45, 7) is 6.70. The van der Waals surface area contributed by atoms with E-state index in [0.29, 0.717) is 25.9 Å². The van der Waals surface area contributed by atoms with Gasteiger partial charge in [-0.25, -0.2) is 9.59 Å². The van der Waals surface area contributed by atoms with Gasteiger partial charge in [-0.1, -0.05) is 6.07 Å². The van der Waals surface area contributed by atoms with Gasteiger partial charge < -0.3 is 20.3 Å². The van der Waals surface area contributed by atoms with Crippen molar-refractivity contribution in [1.82, 2.24) is 15.2 Å². The number of amides is 3. The summed E-state index contributed by atoms with van der Waals surface area (Å²) in [6, 6.07) is 9.22. The summed E-state index contributed by atoms with van der Waals surface area (Å²) in [5, 5.41) is 6.82. The van der Waals surface area contributed by atoms with Crippen LogP contribution < -0.4 is 10.6 Å². The maximum absolute atomic E-state index is 12.3. The zero-order valence-corrected chi connectivity index (χ0v) is 16.0. The summed E-state index contributed by atoms with van der Waals surface area (Å²) in [4.78, 5) is 30.3. The van der Waals surface area contributed by atoms with E-state index in [1.807, 2.05) is 51.1 Å². The van der Waals surface area contributed by atoms with Crippen LogP contribution in [0.2, 0.25) is 0 Å². The molecule has 2 N–H and O–H groups in total. The number of carbonyl (C=O) groups excluding carboxylic acids is 2. The standard InChI is InChI=1S/C20H26N4O3/c1-20(2,3)27-19(26)24-11-8-15(9-12-24)22-18(25)23-16-6-7-17-14(13-16)5-4-10-21-17/h4-7,10,13,15H,8-9,11-12H2,1-3H3,(H2,22,23,25). The number of piperidine rings is 1. The Kier molecular flexibility index (Phi) is 5.48. The Morgan fingerprint density at radius 1 is 1.19 bits per heavy atom. The molecule has 1 aromatic carbocycles. The first kappa shape index (κ1) is 18.9. The zero-order chi connectivity index (χ0) is 19.4. The summed E-state index contributed by atoms with van der Waals surface area (Å²) >= 11 is 0. The van der Waals surface area contributed by atoms with E-state index >= 15 is 0 Å². The highest BCUT2D eigenvalue weighted by molar-refractivity contribution is 5.92. The molecule has 0 aliphatic carbocycles. The predicted molar refractivity (Wildman–Crippen MR) is 105 cm³/mol. The number of hydrogen-bond donors (Lipinski definition) is 2. The van der Waals surface area contributed by atoms with Crippen molar-refractivity contribution in [1.29, 1.82) is 0 Å². The third-order valence-corrected chi connectivity index (χ3v) is 4.34. The third-order valence-electron chi connectivity index (χ3n) is 4.34. The smallest absolute Gasteiger partial charge is 0.410 e. The highest BCUT2D eigenvalue weighted by Crippen LogP contribution is 2.18. The number of carbonyl (C=O) groups is 2. The van der Waals surface area contributed by atoms with Gasteiger partial charge in [-0.05, 0) is 57.9 Å². The number of nitrogens with zero attached hydrogens (tertiary/aromatic N) is 2. The average Bonchev–Trinajstić information content (AvgIpc) is 2.60. The van der Waals surface area contributed by atoms with E-state index in [9.17, 15) is 9.59 Å². The minimum Gasteiger partial charge on any atom is -0.444 e. The molecule has 0 saturated carbocycles. The molecule has 0 unspecified atom stereocenters. The van der Waals surface area contributed by atoms with Gasteiger partial charge in [0, 0.05) is 36.4 Å². The Bertz CT molecular complexity index is 823. The highest BCUT2D eigenvalue weighted by Gasteiger charge is 2.27. The number of hydrogen-bond acceptors (Lipinski definition) is 4. The summed E-state index contributed by atoms with van der Waals surface area (Å²) in [5.74, 6) is 0. The van der Waals surface area contributed by atoms with Crippen LogP contribution in [0.15, 0.2) is 36.5 Å². The molecule has 1 aromatic heterocycles. The molecule has 27 heavy (non-hydrogen) atoms. The van der Waals surface area contributed by atoms with E-state index in [2.05, 4.69) is 15.6 Å². The summed E-state index contributed by atoms with van der Waals surface area (Å²) in [7, 11) is 0. The molecule has 7 heteroatoms.